The van der Waals surface area contributed by atoms with Gasteiger partial charge in [-0.2, -0.15) is 0 Å². The summed E-state index contributed by atoms with van der Waals surface area (Å²) in [4.78, 5) is 12.2. The highest BCUT2D eigenvalue weighted by molar-refractivity contribution is 7.93. The number of amides is 1. The fourth-order valence-electron chi connectivity index (χ4n) is 2.81. The Hall–Kier alpha value is -2.54. The highest BCUT2D eigenvalue weighted by Crippen LogP contribution is 2.25. The van der Waals surface area contributed by atoms with Gasteiger partial charge in [0.25, 0.3) is 0 Å². The molecule has 1 aliphatic heterocycles. The molecule has 25 heavy (non-hydrogen) atoms. The molecule has 7 heteroatoms. The molecule has 1 fully saturated rings. The van der Waals surface area contributed by atoms with E-state index in [2.05, 4.69) is 5.32 Å². The Kier molecular flexibility index (Phi) is 4.94. The minimum absolute atomic E-state index is 0.144. The summed E-state index contributed by atoms with van der Waals surface area (Å²) in [5.41, 5.74) is 2.12. The van der Waals surface area contributed by atoms with Crippen molar-refractivity contribution in [3.05, 3.63) is 54.1 Å². The Labute approximate surface area is 147 Å². The van der Waals surface area contributed by atoms with Crippen molar-refractivity contribution in [3.8, 4) is 5.75 Å². The minimum Gasteiger partial charge on any atom is -0.497 e. The number of methoxy groups -OCH3 is 1. The Morgan fingerprint density at radius 3 is 2.60 bits per heavy atom. The topological polar surface area (TPSA) is 75.7 Å². The molecule has 6 nitrogen and oxygen atoms in total. The van der Waals surface area contributed by atoms with E-state index in [1.165, 1.54) is 4.31 Å². The summed E-state index contributed by atoms with van der Waals surface area (Å²) in [5.74, 6) is 0.753. The second-order valence-electron chi connectivity index (χ2n) is 5.87. The highest BCUT2D eigenvalue weighted by Gasteiger charge is 2.28. The lowest BCUT2D eigenvalue weighted by molar-refractivity contribution is -0.115. The van der Waals surface area contributed by atoms with Crippen molar-refractivity contribution in [2.75, 3.05) is 29.0 Å². The Balaban J connectivity index is 1.64. The second-order valence-corrected chi connectivity index (χ2v) is 7.88. The summed E-state index contributed by atoms with van der Waals surface area (Å²) >= 11 is 0. The van der Waals surface area contributed by atoms with Crippen molar-refractivity contribution >= 4 is 27.3 Å². The van der Waals surface area contributed by atoms with Crippen LogP contribution in [-0.2, 0) is 21.2 Å². The van der Waals surface area contributed by atoms with Crippen molar-refractivity contribution in [3.63, 3.8) is 0 Å². The molecule has 0 bridgehead atoms. The van der Waals surface area contributed by atoms with Crippen LogP contribution >= 0.6 is 0 Å². The van der Waals surface area contributed by atoms with Crippen LogP contribution in [0, 0.1) is 0 Å². The molecule has 1 aliphatic rings. The van der Waals surface area contributed by atoms with Gasteiger partial charge < -0.3 is 10.1 Å². The standard InChI is InChI=1S/C18H20N2O4S/c1-24-17-5-2-4-14(12-17)13-18(21)19-15-6-8-16(9-7-15)20-10-3-11-25(20,22)23/h2,4-9,12H,3,10-11,13H2,1H3,(H,19,21). The third-order valence-electron chi connectivity index (χ3n) is 4.04. The van der Waals surface area contributed by atoms with Gasteiger partial charge in [-0.25, -0.2) is 8.42 Å². The van der Waals surface area contributed by atoms with E-state index in [0.717, 1.165) is 5.56 Å². The molecular weight excluding hydrogens is 340 g/mol. The molecular formula is C18H20N2O4S. The number of hydrogen-bond acceptors (Lipinski definition) is 4. The first kappa shape index (κ1) is 17.3. The lowest BCUT2D eigenvalue weighted by atomic mass is 10.1. The maximum atomic E-state index is 12.2. The van der Waals surface area contributed by atoms with Crippen molar-refractivity contribution in [1.29, 1.82) is 0 Å². The van der Waals surface area contributed by atoms with E-state index in [0.29, 0.717) is 30.1 Å². The van der Waals surface area contributed by atoms with Gasteiger partial charge in [0, 0.05) is 12.2 Å². The first-order valence-corrected chi connectivity index (χ1v) is 9.62. The molecule has 1 heterocycles. The van der Waals surface area contributed by atoms with E-state index in [9.17, 15) is 13.2 Å². The molecule has 2 aromatic rings. The lowest BCUT2D eigenvalue weighted by Gasteiger charge is -2.17. The van der Waals surface area contributed by atoms with Crippen LogP contribution in [0.2, 0.25) is 0 Å². The number of carbonyl (C=O) groups is 1. The smallest absolute Gasteiger partial charge is 0.235 e. The molecule has 3 rings (SSSR count). The summed E-state index contributed by atoms with van der Waals surface area (Å²) in [6, 6.07) is 14.2. The monoisotopic (exact) mass is 360 g/mol. The number of ether oxygens (including phenoxy) is 1. The molecule has 0 aliphatic carbocycles. The number of rotatable bonds is 5. The molecule has 0 radical (unpaired) electrons. The summed E-state index contributed by atoms with van der Waals surface area (Å²) < 4.78 is 30.4. The van der Waals surface area contributed by atoms with E-state index in [1.807, 2.05) is 24.3 Å². The van der Waals surface area contributed by atoms with Gasteiger partial charge in [-0.15, -0.1) is 0 Å². The number of carbonyl (C=O) groups excluding carboxylic acids is 1. The van der Waals surface area contributed by atoms with E-state index in [1.54, 1.807) is 31.4 Å². The number of benzene rings is 2. The van der Waals surface area contributed by atoms with Crippen LogP contribution in [0.25, 0.3) is 0 Å². The minimum atomic E-state index is -3.19. The number of nitrogens with zero attached hydrogens (tertiary/aromatic N) is 1. The van der Waals surface area contributed by atoms with E-state index >= 15 is 0 Å². The maximum absolute atomic E-state index is 12.2. The van der Waals surface area contributed by atoms with Crippen LogP contribution in [0.5, 0.6) is 5.75 Å². The Bertz CT molecular complexity index is 863. The van der Waals surface area contributed by atoms with Crippen molar-refractivity contribution in [2.45, 2.75) is 12.8 Å². The van der Waals surface area contributed by atoms with Crippen LogP contribution in [-0.4, -0.2) is 33.7 Å². The van der Waals surface area contributed by atoms with Crippen LogP contribution in [0.15, 0.2) is 48.5 Å². The zero-order valence-electron chi connectivity index (χ0n) is 13.9. The number of sulfonamides is 1. The molecule has 0 atom stereocenters. The Morgan fingerprint density at radius 1 is 1.20 bits per heavy atom. The molecule has 0 saturated carbocycles. The highest BCUT2D eigenvalue weighted by atomic mass is 32.2. The van der Waals surface area contributed by atoms with Crippen LogP contribution < -0.4 is 14.4 Å². The van der Waals surface area contributed by atoms with Crippen molar-refractivity contribution in [1.82, 2.24) is 0 Å². The van der Waals surface area contributed by atoms with Gasteiger partial charge in [-0.3, -0.25) is 9.10 Å². The van der Waals surface area contributed by atoms with E-state index < -0.39 is 10.0 Å². The third-order valence-corrected chi connectivity index (χ3v) is 5.91. The molecule has 1 amide bonds. The molecule has 2 aromatic carbocycles. The normalized spacial score (nSPS) is 15.8. The average molecular weight is 360 g/mol. The molecule has 1 saturated heterocycles. The summed E-state index contributed by atoms with van der Waals surface area (Å²) in [5, 5.41) is 2.82. The molecule has 0 aromatic heterocycles. The Morgan fingerprint density at radius 2 is 1.96 bits per heavy atom. The fourth-order valence-corrected chi connectivity index (χ4v) is 4.38. The average Bonchev–Trinajstić information content (AvgIpc) is 2.95. The van der Waals surface area contributed by atoms with Gasteiger partial charge in [-0.1, -0.05) is 12.1 Å². The fraction of sp³-hybridized carbons (Fsp3) is 0.278. The third kappa shape index (κ3) is 4.11. The SMILES string of the molecule is COc1cccc(CC(=O)Nc2ccc(N3CCCS3(=O)=O)cc2)c1. The van der Waals surface area contributed by atoms with Crippen molar-refractivity contribution in [2.24, 2.45) is 0 Å². The maximum Gasteiger partial charge on any atom is 0.235 e. The molecule has 0 unspecified atom stereocenters. The first-order valence-electron chi connectivity index (χ1n) is 8.01. The van der Waals surface area contributed by atoms with E-state index in [-0.39, 0.29) is 18.1 Å². The molecule has 132 valence electrons. The molecule has 0 spiro atoms. The number of hydrogen-bond donors (Lipinski definition) is 1. The van der Waals surface area contributed by atoms with Gasteiger partial charge in [0.1, 0.15) is 5.75 Å². The zero-order chi connectivity index (χ0) is 17.9. The van der Waals surface area contributed by atoms with Gasteiger partial charge in [0.05, 0.1) is 25.0 Å². The summed E-state index contributed by atoms with van der Waals surface area (Å²) in [6.45, 7) is 0.504. The second kappa shape index (κ2) is 7.14. The van der Waals surface area contributed by atoms with Gasteiger partial charge in [0.15, 0.2) is 0 Å². The summed E-state index contributed by atoms with van der Waals surface area (Å²) in [7, 11) is -1.60. The van der Waals surface area contributed by atoms with E-state index in [4.69, 9.17) is 4.74 Å². The van der Waals surface area contributed by atoms with Crippen molar-refractivity contribution < 1.29 is 17.9 Å². The zero-order valence-corrected chi connectivity index (χ0v) is 14.8. The quantitative estimate of drug-likeness (QED) is 0.888. The van der Waals surface area contributed by atoms with Crippen LogP contribution in [0.1, 0.15) is 12.0 Å². The first-order chi connectivity index (χ1) is 12.0. The van der Waals surface area contributed by atoms with Gasteiger partial charge in [-0.05, 0) is 48.4 Å². The lowest BCUT2D eigenvalue weighted by Crippen LogP contribution is -2.25. The largest absolute Gasteiger partial charge is 0.497 e. The van der Waals surface area contributed by atoms with Crippen LogP contribution in [0.3, 0.4) is 0 Å². The predicted octanol–water partition coefficient (Wildman–Crippen LogP) is 2.42. The summed E-state index contributed by atoms with van der Waals surface area (Å²) in [6.07, 6.45) is 0.876. The van der Waals surface area contributed by atoms with Gasteiger partial charge >= 0.3 is 0 Å². The predicted molar refractivity (Wildman–Crippen MR) is 97.5 cm³/mol. The number of anilines is 2. The van der Waals surface area contributed by atoms with Gasteiger partial charge in [0.2, 0.25) is 15.9 Å². The molecule has 1 N–H and O–H groups in total. The van der Waals surface area contributed by atoms with Crippen LogP contribution in [0.4, 0.5) is 11.4 Å². The number of nitrogens with one attached hydrogen (secondary N) is 1.